The zero-order valence-electron chi connectivity index (χ0n) is 7.79. The van der Waals surface area contributed by atoms with E-state index in [1.165, 1.54) is 17.7 Å². The normalized spacial score (nSPS) is 10.8. The Labute approximate surface area is 83.5 Å². The molecule has 0 aliphatic rings. The van der Waals surface area contributed by atoms with Crippen LogP contribution >= 0.6 is 11.8 Å². The monoisotopic (exact) mass is 197 g/mol. The van der Waals surface area contributed by atoms with Gasteiger partial charge >= 0.3 is 0 Å². The first-order chi connectivity index (χ1) is 6.18. The van der Waals surface area contributed by atoms with Crippen molar-refractivity contribution in [2.24, 2.45) is 0 Å². The summed E-state index contributed by atoms with van der Waals surface area (Å²) in [5.74, 6) is 0.887. The molecule has 13 heavy (non-hydrogen) atoms. The van der Waals surface area contributed by atoms with E-state index in [0.717, 1.165) is 12.2 Å². The van der Waals surface area contributed by atoms with Crippen molar-refractivity contribution in [3.05, 3.63) is 42.6 Å². The van der Waals surface area contributed by atoms with Crippen molar-refractivity contribution in [1.29, 1.82) is 0 Å². The average Bonchev–Trinajstić information content (AvgIpc) is 2.08. The van der Waals surface area contributed by atoms with Gasteiger partial charge in [-0.3, -0.25) is 0 Å². The number of aryl methyl sites for hydroxylation is 1. The summed E-state index contributed by atoms with van der Waals surface area (Å²) in [5.41, 5.74) is 1.19. The Bertz CT molecular complexity index is 241. The van der Waals surface area contributed by atoms with Gasteiger partial charge in [-0.25, -0.2) is 4.39 Å². The molecule has 1 atom stereocenters. The summed E-state index contributed by atoms with van der Waals surface area (Å²) < 4.78 is 12.5. The van der Waals surface area contributed by atoms with Crippen molar-refractivity contribution in [3.8, 4) is 0 Å². The standard InChI is InChI=1S/C11H14FS/c1-9(2)13-8-7-10-3-5-11(12)6-4-10/h3-6,9H,1,7-8H2,2H3. The molecule has 0 saturated carbocycles. The zero-order valence-corrected chi connectivity index (χ0v) is 8.61. The molecule has 1 aromatic carbocycles. The van der Waals surface area contributed by atoms with Gasteiger partial charge in [-0.1, -0.05) is 19.1 Å². The number of halogens is 1. The molecule has 0 amide bonds. The van der Waals surface area contributed by atoms with E-state index in [1.807, 2.05) is 23.9 Å². The van der Waals surface area contributed by atoms with Gasteiger partial charge in [-0.15, -0.1) is 0 Å². The van der Waals surface area contributed by atoms with Gasteiger partial charge in [0.05, 0.1) is 0 Å². The zero-order chi connectivity index (χ0) is 9.68. The van der Waals surface area contributed by atoms with Crippen LogP contribution in [0.25, 0.3) is 0 Å². The molecule has 0 aliphatic carbocycles. The smallest absolute Gasteiger partial charge is 0.123 e. The lowest BCUT2D eigenvalue weighted by molar-refractivity contribution is 0.627. The van der Waals surface area contributed by atoms with Gasteiger partial charge in [-0.2, -0.15) is 11.8 Å². The van der Waals surface area contributed by atoms with Gasteiger partial charge in [0.1, 0.15) is 5.82 Å². The van der Waals surface area contributed by atoms with Crippen LogP contribution in [-0.4, -0.2) is 11.0 Å². The van der Waals surface area contributed by atoms with Gasteiger partial charge in [0, 0.05) is 5.25 Å². The molecule has 0 nitrogen and oxygen atoms in total. The van der Waals surface area contributed by atoms with Crippen molar-refractivity contribution >= 4 is 11.8 Å². The Balaban J connectivity index is 2.33. The molecule has 0 fully saturated rings. The van der Waals surface area contributed by atoms with E-state index < -0.39 is 0 Å². The second-order valence-electron chi connectivity index (χ2n) is 3.06. The summed E-state index contributed by atoms with van der Waals surface area (Å²) in [4.78, 5) is 0. The number of hydrogen-bond donors (Lipinski definition) is 0. The number of rotatable bonds is 4. The van der Waals surface area contributed by atoms with Crippen LogP contribution in [0.3, 0.4) is 0 Å². The van der Waals surface area contributed by atoms with Crippen LogP contribution in [0.1, 0.15) is 12.5 Å². The van der Waals surface area contributed by atoms with E-state index in [-0.39, 0.29) is 5.82 Å². The van der Waals surface area contributed by atoms with Crippen molar-refractivity contribution in [1.82, 2.24) is 0 Å². The van der Waals surface area contributed by atoms with Gasteiger partial charge in [0.2, 0.25) is 0 Å². The minimum atomic E-state index is -0.165. The Morgan fingerprint density at radius 3 is 2.54 bits per heavy atom. The lowest BCUT2D eigenvalue weighted by Crippen LogP contribution is -1.94. The molecule has 0 spiro atoms. The minimum Gasteiger partial charge on any atom is -0.207 e. The van der Waals surface area contributed by atoms with Gasteiger partial charge < -0.3 is 0 Å². The van der Waals surface area contributed by atoms with Crippen molar-refractivity contribution in [2.45, 2.75) is 18.6 Å². The highest BCUT2D eigenvalue weighted by molar-refractivity contribution is 7.99. The largest absolute Gasteiger partial charge is 0.207 e. The molecule has 1 rings (SSSR count). The van der Waals surface area contributed by atoms with Crippen LogP contribution in [0.5, 0.6) is 0 Å². The van der Waals surface area contributed by atoms with Crippen LogP contribution in [0.15, 0.2) is 24.3 Å². The van der Waals surface area contributed by atoms with Crippen LogP contribution < -0.4 is 0 Å². The molecule has 0 N–H and O–H groups in total. The van der Waals surface area contributed by atoms with E-state index in [9.17, 15) is 4.39 Å². The second-order valence-corrected chi connectivity index (χ2v) is 4.60. The van der Waals surface area contributed by atoms with Gasteiger partial charge in [0.25, 0.3) is 0 Å². The molecular weight excluding hydrogens is 183 g/mol. The number of thioether (sulfide) groups is 1. The maximum atomic E-state index is 12.5. The molecule has 1 aromatic rings. The Kier molecular flexibility index (Phi) is 4.29. The first-order valence-corrected chi connectivity index (χ1v) is 5.42. The highest BCUT2D eigenvalue weighted by Crippen LogP contribution is 2.12. The quantitative estimate of drug-likeness (QED) is 0.713. The maximum absolute atomic E-state index is 12.5. The van der Waals surface area contributed by atoms with Crippen molar-refractivity contribution in [2.75, 3.05) is 5.75 Å². The summed E-state index contributed by atoms with van der Waals surface area (Å²) in [6.45, 7) is 5.97. The molecule has 0 aromatic heterocycles. The molecule has 71 valence electrons. The van der Waals surface area contributed by atoms with Gasteiger partial charge in [0.15, 0.2) is 0 Å². The fourth-order valence-corrected chi connectivity index (χ4v) is 1.78. The van der Waals surface area contributed by atoms with Crippen molar-refractivity contribution in [3.63, 3.8) is 0 Å². The molecule has 0 heterocycles. The van der Waals surface area contributed by atoms with Crippen molar-refractivity contribution < 1.29 is 4.39 Å². The molecule has 1 unspecified atom stereocenters. The van der Waals surface area contributed by atoms with Crippen LogP contribution in [-0.2, 0) is 6.42 Å². The maximum Gasteiger partial charge on any atom is 0.123 e. The number of benzene rings is 1. The minimum absolute atomic E-state index is 0.165. The lowest BCUT2D eigenvalue weighted by Gasteiger charge is -2.04. The molecule has 0 aliphatic heterocycles. The third kappa shape index (κ3) is 4.32. The second kappa shape index (κ2) is 5.28. The number of hydrogen-bond acceptors (Lipinski definition) is 1. The highest BCUT2D eigenvalue weighted by Gasteiger charge is 1.96. The predicted octanol–water partition coefficient (Wildman–Crippen LogP) is 3.32. The van der Waals surface area contributed by atoms with Crippen LogP contribution in [0, 0.1) is 12.7 Å². The Morgan fingerprint density at radius 1 is 1.38 bits per heavy atom. The molecule has 0 saturated heterocycles. The summed E-state index contributed by atoms with van der Waals surface area (Å²) >= 11 is 1.83. The Hall–Kier alpha value is -0.500. The summed E-state index contributed by atoms with van der Waals surface area (Å²) in [6.07, 6.45) is 0.991. The molecule has 0 bridgehead atoms. The first-order valence-electron chi connectivity index (χ1n) is 4.37. The van der Waals surface area contributed by atoms with Gasteiger partial charge in [-0.05, 0) is 36.8 Å². The third-order valence-electron chi connectivity index (χ3n) is 1.71. The predicted molar refractivity (Wildman–Crippen MR) is 57.4 cm³/mol. The SMILES string of the molecule is [CH2]C(C)SCCc1ccc(F)cc1. The topological polar surface area (TPSA) is 0 Å². The van der Waals surface area contributed by atoms with E-state index in [2.05, 4.69) is 13.8 Å². The van der Waals surface area contributed by atoms with Crippen LogP contribution in [0.2, 0.25) is 0 Å². The molecule has 1 radical (unpaired) electrons. The fourth-order valence-electron chi connectivity index (χ4n) is 1.03. The third-order valence-corrected chi connectivity index (χ3v) is 2.72. The summed E-state index contributed by atoms with van der Waals surface area (Å²) in [5, 5.41) is 0.431. The van der Waals surface area contributed by atoms with E-state index in [1.54, 1.807) is 0 Å². The van der Waals surface area contributed by atoms with E-state index >= 15 is 0 Å². The molecule has 2 heteroatoms. The summed E-state index contributed by atoms with van der Waals surface area (Å²) in [6, 6.07) is 6.69. The highest BCUT2D eigenvalue weighted by atomic mass is 32.2. The van der Waals surface area contributed by atoms with E-state index in [4.69, 9.17) is 0 Å². The van der Waals surface area contributed by atoms with Crippen LogP contribution in [0.4, 0.5) is 4.39 Å². The average molecular weight is 197 g/mol. The molecular formula is C11H14FS. The summed E-state index contributed by atoms with van der Waals surface area (Å²) in [7, 11) is 0. The van der Waals surface area contributed by atoms with E-state index in [0.29, 0.717) is 5.25 Å². The fraction of sp³-hybridized carbons (Fsp3) is 0.364. The lowest BCUT2D eigenvalue weighted by atomic mass is 10.2. The first kappa shape index (κ1) is 10.6. The Morgan fingerprint density at radius 2 is 2.00 bits per heavy atom.